The number of carbonyl (C=O) groups excluding carboxylic acids is 2. The summed E-state index contributed by atoms with van der Waals surface area (Å²) >= 11 is 0. The van der Waals surface area contributed by atoms with Gasteiger partial charge in [-0.3, -0.25) is 9.59 Å². The topological polar surface area (TPSA) is 119 Å². The second-order valence-corrected chi connectivity index (χ2v) is 15.6. The van der Waals surface area contributed by atoms with Crippen molar-refractivity contribution in [3.05, 3.63) is 112 Å². The predicted molar refractivity (Wildman–Crippen MR) is 205 cm³/mol. The van der Waals surface area contributed by atoms with Crippen LogP contribution in [0, 0.1) is 30.1 Å². The summed E-state index contributed by atoms with van der Waals surface area (Å²) in [5.74, 6) is 1.60. The molecule has 53 heavy (non-hydrogen) atoms. The summed E-state index contributed by atoms with van der Waals surface area (Å²) in [6.45, 7) is 10.7. The molecule has 1 saturated heterocycles. The highest BCUT2D eigenvalue weighted by atomic mass is 16.4. The summed E-state index contributed by atoms with van der Waals surface area (Å²) in [6, 6.07) is 22.4. The number of amides is 2. The Bertz CT molecular complexity index is 2040. The third-order valence-electron chi connectivity index (χ3n) is 11.7. The Morgan fingerprint density at radius 3 is 2.26 bits per heavy atom. The Kier molecular flexibility index (Phi) is 9.50. The molecule has 2 heterocycles. The van der Waals surface area contributed by atoms with Crippen LogP contribution in [0.25, 0.3) is 17.2 Å². The van der Waals surface area contributed by atoms with E-state index in [1.807, 2.05) is 67.2 Å². The minimum atomic E-state index is -0.941. The molecule has 2 unspecified atom stereocenters. The van der Waals surface area contributed by atoms with Crippen molar-refractivity contribution >= 4 is 17.5 Å². The minimum Gasteiger partial charge on any atom is -0.419 e. The van der Waals surface area contributed by atoms with Gasteiger partial charge in [-0.25, -0.2) is 0 Å². The van der Waals surface area contributed by atoms with E-state index in [4.69, 9.17) is 9.52 Å². The summed E-state index contributed by atoms with van der Waals surface area (Å²) in [6.07, 6.45) is 2.65. The molecule has 4 aromatic rings. The Morgan fingerprint density at radius 1 is 1.00 bits per heavy atom. The number of carbonyl (C=O) groups is 2. The zero-order valence-corrected chi connectivity index (χ0v) is 31.8. The summed E-state index contributed by atoms with van der Waals surface area (Å²) in [4.78, 5) is 32.4. The minimum absolute atomic E-state index is 0.0471. The van der Waals surface area contributed by atoms with Gasteiger partial charge in [-0.05, 0) is 110 Å². The number of aromatic nitrogens is 2. The van der Waals surface area contributed by atoms with E-state index in [2.05, 4.69) is 61.2 Å². The third kappa shape index (κ3) is 6.41. The van der Waals surface area contributed by atoms with Gasteiger partial charge in [-0.15, -0.1) is 10.2 Å². The van der Waals surface area contributed by atoms with E-state index in [0.29, 0.717) is 42.0 Å². The lowest BCUT2D eigenvalue weighted by Gasteiger charge is -2.36. The maximum Gasteiger partial charge on any atom is 0.253 e. The van der Waals surface area contributed by atoms with Crippen molar-refractivity contribution in [3.63, 3.8) is 0 Å². The second-order valence-electron chi connectivity index (χ2n) is 15.6. The molecule has 10 heteroatoms. The number of fused-ring (bicyclic) bond motifs is 3. The highest BCUT2D eigenvalue weighted by Gasteiger charge is 2.60. The van der Waals surface area contributed by atoms with Gasteiger partial charge in [0.2, 0.25) is 17.7 Å². The van der Waals surface area contributed by atoms with Crippen molar-refractivity contribution in [2.24, 2.45) is 11.8 Å². The summed E-state index contributed by atoms with van der Waals surface area (Å²) < 4.78 is 6.76. The number of piperidine rings is 1. The van der Waals surface area contributed by atoms with Crippen LogP contribution in [-0.2, 0) is 23.1 Å². The maximum absolute atomic E-state index is 13.7. The van der Waals surface area contributed by atoms with E-state index in [1.165, 1.54) is 0 Å². The van der Waals surface area contributed by atoms with Crippen LogP contribution in [0.2, 0.25) is 0 Å². The van der Waals surface area contributed by atoms with Crippen LogP contribution in [0.5, 0.6) is 0 Å². The van der Waals surface area contributed by atoms with Gasteiger partial charge < -0.3 is 24.4 Å². The van der Waals surface area contributed by atoms with Crippen molar-refractivity contribution in [1.82, 2.24) is 30.2 Å². The van der Waals surface area contributed by atoms with Crippen LogP contribution < -0.4 is 5.32 Å². The van der Waals surface area contributed by atoms with Crippen LogP contribution >= 0.6 is 0 Å². The van der Waals surface area contributed by atoms with Crippen LogP contribution in [0.15, 0.2) is 71.7 Å². The smallest absolute Gasteiger partial charge is 0.253 e. The highest BCUT2D eigenvalue weighted by Crippen LogP contribution is 2.53. The quantitative estimate of drug-likeness (QED) is 0.218. The molecule has 3 aromatic carbocycles. The third-order valence-corrected chi connectivity index (χ3v) is 11.7. The molecule has 2 fully saturated rings. The molecule has 1 N–H and O–H groups in total. The lowest BCUT2D eigenvalue weighted by atomic mass is 9.68. The Morgan fingerprint density at radius 2 is 1.64 bits per heavy atom. The van der Waals surface area contributed by atoms with Gasteiger partial charge in [-0.1, -0.05) is 49.4 Å². The number of benzene rings is 3. The van der Waals surface area contributed by atoms with E-state index in [0.717, 1.165) is 57.5 Å². The maximum atomic E-state index is 13.7. The average Bonchev–Trinajstić information content (AvgIpc) is 3.46. The van der Waals surface area contributed by atoms with Crippen molar-refractivity contribution in [3.8, 4) is 17.5 Å². The molecule has 1 saturated carbocycles. The number of nitrogens with one attached hydrogen (secondary N) is 1. The zero-order chi connectivity index (χ0) is 37.8. The monoisotopic (exact) mass is 711 g/mol. The number of nitrogens with zero attached hydrogens (tertiary/aromatic N) is 6. The first-order chi connectivity index (χ1) is 25.3. The fourth-order valence-electron chi connectivity index (χ4n) is 8.68. The number of hydrogen-bond donors (Lipinski definition) is 1. The SMILES string of the molecule is C=C(c1ccc2c(c1)CCc1cc(C(=O)N(C)C)ccc1C2(C[C@H](C)NCC(=O)N1C(C#N)C[C@@H]2[C@H](C)[C@@H]21)c1nnc(-c2ccc(C)cc2)o1)N(C)C. The molecule has 1 aliphatic heterocycles. The van der Waals surface area contributed by atoms with Crippen LogP contribution in [0.4, 0.5) is 0 Å². The van der Waals surface area contributed by atoms with Crippen LogP contribution in [0.3, 0.4) is 0 Å². The number of rotatable bonds is 10. The summed E-state index contributed by atoms with van der Waals surface area (Å²) in [5, 5.41) is 22.8. The average molecular weight is 712 g/mol. The lowest BCUT2D eigenvalue weighted by Crippen LogP contribution is -2.47. The highest BCUT2D eigenvalue weighted by molar-refractivity contribution is 5.94. The predicted octanol–water partition coefficient (Wildman–Crippen LogP) is 5.84. The fourth-order valence-corrected chi connectivity index (χ4v) is 8.68. The summed E-state index contributed by atoms with van der Waals surface area (Å²) in [7, 11) is 7.50. The molecule has 6 atom stereocenters. The van der Waals surface area contributed by atoms with Crippen molar-refractivity contribution in [1.29, 1.82) is 5.26 Å². The molecule has 2 aliphatic carbocycles. The van der Waals surface area contributed by atoms with E-state index in [9.17, 15) is 14.9 Å². The molecule has 0 bridgehead atoms. The van der Waals surface area contributed by atoms with Crippen molar-refractivity contribution in [2.75, 3.05) is 34.7 Å². The first kappa shape index (κ1) is 36.1. The van der Waals surface area contributed by atoms with Gasteiger partial charge in [0.1, 0.15) is 11.5 Å². The van der Waals surface area contributed by atoms with Crippen LogP contribution in [0.1, 0.15) is 76.3 Å². The molecule has 7 rings (SSSR count). The largest absolute Gasteiger partial charge is 0.419 e. The lowest BCUT2D eigenvalue weighted by molar-refractivity contribution is -0.131. The molecular weight excluding hydrogens is 663 g/mol. The fraction of sp³-hybridized carbons (Fsp3) is 0.419. The first-order valence-corrected chi connectivity index (χ1v) is 18.5. The van der Waals surface area contributed by atoms with Gasteiger partial charge in [0.05, 0.1) is 12.6 Å². The van der Waals surface area contributed by atoms with Crippen LogP contribution in [-0.4, -0.2) is 89.6 Å². The zero-order valence-electron chi connectivity index (χ0n) is 31.8. The van der Waals surface area contributed by atoms with Gasteiger partial charge in [-0.2, -0.15) is 5.26 Å². The number of aryl methyl sites for hydroxylation is 3. The number of likely N-dealkylation sites (tertiary alicyclic amines) is 1. The van der Waals surface area contributed by atoms with Gasteiger partial charge in [0, 0.05) is 57.1 Å². The van der Waals surface area contributed by atoms with Gasteiger partial charge in [0.15, 0.2) is 0 Å². The summed E-state index contributed by atoms with van der Waals surface area (Å²) in [5.41, 5.74) is 7.73. The van der Waals surface area contributed by atoms with Crippen molar-refractivity contribution < 1.29 is 14.0 Å². The first-order valence-electron chi connectivity index (χ1n) is 18.5. The van der Waals surface area contributed by atoms with E-state index in [-0.39, 0.29) is 36.5 Å². The Balaban J connectivity index is 1.35. The normalized spacial score (nSPS) is 23.2. The number of hydrogen-bond acceptors (Lipinski definition) is 8. The molecule has 2 amide bonds. The van der Waals surface area contributed by atoms with E-state index in [1.54, 1.807) is 19.0 Å². The Labute approximate surface area is 312 Å². The molecule has 0 spiro atoms. The molecule has 3 aliphatic rings. The number of nitriles is 1. The molecule has 0 radical (unpaired) electrons. The Hall–Kier alpha value is -5.27. The molecular formula is C43H49N7O3. The molecule has 10 nitrogen and oxygen atoms in total. The van der Waals surface area contributed by atoms with Crippen molar-refractivity contribution in [2.45, 2.75) is 70.0 Å². The molecule has 1 aromatic heterocycles. The second kappa shape index (κ2) is 13.9. The molecule has 274 valence electrons. The standard InChI is InChI=1S/C43H49N7O3/c1-25-9-11-29(12-10-25)40-46-47-42(53-40)43(22-26(2)45-24-38(51)50-34(23-44)21-35-27(3)39(35)50)36-17-15-30(28(4)48(5)6)19-31(36)13-14-32-20-33(16-18-37(32)43)41(52)49(7)8/h9-12,15-20,26-27,34-35,39,45H,4,13-14,21-22,24H2,1-3,5-8H3/t26-,27-,34?,35+,39-,43?/m0/s1. The van der Waals surface area contributed by atoms with E-state index < -0.39 is 5.41 Å². The van der Waals surface area contributed by atoms with Gasteiger partial charge >= 0.3 is 0 Å². The van der Waals surface area contributed by atoms with E-state index >= 15 is 0 Å². The van der Waals surface area contributed by atoms with Gasteiger partial charge in [0.25, 0.3) is 5.91 Å².